The maximum absolute atomic E-state index is 13.6. The minimum Gasteiger partial charge on any atom is -0.360 e. The quantitative estimate of drug-likeness (QED) is 0.430. The summed E-state index contributed by atoms with van der Waals surface area (Å²) in [4.78, 5) is 14.9. The maximum Gasteiger partial charge on any atom is 0.416 e. The van der Waals surface area contributed by atoms with E-state index >= 15 is 0 Å². The molecule has 2 unspecified atom stereocenters. The summed E-state index contributed by atoms with van der Waals surface area (Å²) in [7, 11) is 0. The summed E-state index contributed by atoms with van der Waals surface area (Å²) in [5.41, 5.74) is 0.0774. The number of nitrogens with zero attached hydrogens (tertiary/aromatic N) is 6. The molecule has 2 aromatic heterocycles. The summed E-state index contributed by atoms with van der Waals surface area (Å²) in [6, 6.07) is 1.42. The lowest BCUT2D eigenvalue weighted by Gasteiger charge is -2.35. The lowest BCUT2D eigenvalue weighted by atomic mass is 9.99. The van der Waals surface area contributed by atoms with E-state index in [4.69, 9.17) is 16.3 Å². The Balaban J connectivity index is 1.45. The van der Waals surface area contributed by atoms with E-state index in [1.165, 1.54) is 15.6 Å². The van der Waals surface area contributed by atoms with Crippen molar-refractivity contribution in [1.29, 1.82) is 0 Å². The SMILES string of the molecule is CC(c1ccc(F)cc1C(F)(F)F)n1nnc2c1CCN(c1cnn(C3CCCCO3)c(=O)c1Cl)[C@H]2C. The van der Waals surface area contributed by atoms with Crippen LogP contribution in [0.4, 0.5) is 23.2 Å². The molecule has 0 bridgehead atoms. The van der Waals surface area contributed by atoms with E-state index < -0.39 is 35.4 Å². The Morgan fingerprint density at radius 2 is 2.03 bits per heavy atom. The smallest absolute Gasteiger partial charge is 0.360 e. The lowest BCUT2D eigenvalue weighted by molar-refractivity contribution is -0.138. The first-order chi connectivity index (χ1) is 17.6. The van der Waals surface area contributed by atoms with Crippen molar-refractivity contribution >= 4 is 17.3 Å². The summed E-state index contributed by atoms with van der Waals surface area (Å²) in [5.74, 6) is -0.962. The van der Waals surface area contributed by atoms with Gasteiger partial charge < -0.3 is 9.64 Å². The van der Waals surface area contributed by atoms with Gasteiger partial charge in [0, 0.05) is 19.6 Å². The molecule has 2 aliphatic rings. The van der Waals surface area contributed by atoms with Crippen LogP contribution in [0.25, 0.3) is 0 Å². The van der Waals surface area contributed by atoms with E-state index in [1.807, 2.05) is 11.8 Å². The Hall–Kier alpha value is -2.99. The molecule has 0 aliphatic carbocycles. The molecule has 1 fully saturated rings. The fraction of sp³-hybridized carbons (Fsp3) is 0.500. The Bertz CT molecular complexity index is 1370. The van der Waals surface area contributed by atoms with E-state index in [0.717, 1.165) is 25.0 Å². The van der Waals surface area contributed by atoms with Crippen molar-refractivity contribution in [2.75, 3.05) is 18.1 Å². The van der Waals surface area contributed by atoms with Crippen molar-refractivity contribution in [3.63, 3.8) is 0 Å². The first-order valence-electron chi connectivity index (χ1n) is 12.0. The highest BCUT2D eigenvalue weighted by atomic mass is 35.5. The van der Waals surface area contributed by atoms with E-state index in [1.54, 1.807) is 6.92 Å². The van der Waals surface area contributed by atoms with Gasteiger partial charge in [0.15, 0.2) is 6.23 Å². The van der Waals surface area contributed by atoms with Crippen molar-refractivity contribution in [1.82, 2.24) is 24.8 Å². The number of hydrogen-bond donors (Lipinski definition) is 0. The normalized spacial score (nSPS) is 21.1. The largest absolute Gasteiger partial charge is 0.416 e. The molecule has 0 amide bonds. The van der Waals surface area contributed by atoms with E-state index in [2.05, 4.69) is 15.4 Å². The number of benzene rings is 1. The topological polar surface area (TPSA) is 78.1 Å². The molecule has 37 heavy (non-hydrogen) atoms. The maximum atomic E-state index is 13.6. The summed E-state index contributed by atoms with van der Waals surface area (Å²) in [6.45, 7) is 4.39. The number of hydrogen-bond acceptors (Lipinski definition) is 6. The van der Waals surface area contributed by atoms with Crippen LogP contribution in [0.2, 0.25) is 5.02 Å². The number of alkyl halides is 3. The monoisotopic (exact) mass is 540 g/mol. The molecule has 3 atom stereocenters. The van der Waals surface area contributed by atoms with Crippen LogP contribution in [-0.4, -0.2) is 37.9 Å². The molecular formula is C24H25ClF4N6O2. The number of aromatic nitrogens is 5. The molecule has 3 aromatic rings. The predicted molar refractivity (Wildman–Crippen MR) is 127 cm³/mol. The molecule has 1 saturated heterocycles. The molecule has 8 nitrogen and oxygen atoms in total. The van der Waals surface area contributed by atoms with Crippen molar-refractivity contribution in [3.05, 3.63) is 68.1 Å². The van der Waals surface area contributed by atoms with Crippen molar-refractivity contribution in [3.8, 4) is 0 Å². The van der Waals surface area contributed by atoms with Crippen molar-refractivity contribution in [2.45, 2.75) is 64.0 Å². The first kappa shape index (κ1) is 25.7. The third-order valence-electron chi connectivity index (χ3n) is 7.07. The zero-order chi connectivity index (χ0) is 26.5. The number of rotatable bonds is 4. The van der Waals surface area contributed by atoms with E-state index in [9.17, 15) is 22.4 Å². The lowest BCUT2D eigenvalue weighted by Crippen LogP contribution is -2.38. The highest BCUT2D eigenvalue weighted by Gasteiger charge is 2.37. The number of ether oxygens (including phenoxy) is 1. The third kappa shape index (κ3) is 4.61. The summed E-state index contributed by atoms with van der Waals surface area (Å²) >= 11 is 6.50. The summed E-state index contributed by atoms with van der Waals surface area (Å²) in [5, 5.41) is 12.8. The summed E-state index contributed by atoms with van der Waals surface area (Å²) in [6.07, 6.45) is -0.702. The minimum atomic E-state index is -4.72. The molecule has 0 N–H and O–H groups in total. The Labute approximate surface area is 214 Å². The molecule has 2 aliphatic heterocycles. The van der Waals surface area contributed by atoms with Gasteiger partial charge in [0.1, 0.15) is 16.5 Å². The van der Waals surface area contributed by atoms with Gasteiger partial charge in [-0.15, -0.1) is 5.10 Å². The van der Waals surface area contributed by atoms with E-state index in [-0.39, 0.29) is 16.6 Å². The molecule has 0 spiro atoms. The van der Waals surface area contributed by atoms with Crippen LogP contribution >= 0.6 is 11.6 Å². The third-order valence-corrected chi connectivity index (χ3v) is 7.43. The average molecular weight is 541 g/mol. The van der Waals surface area contributed by atoms with Crippen LogP contribution in [-0.2, 0) is 17.3 Å². The first-order valence-corrected chi connectivity index (χ1v) is 12.4. The second-order valence-corrected chi connectivity index (χ2v) is 9.68. The van der Waals surface area contributed by atoms with Gasteiger partial charge in [-0.1, -0.05) is 22.9 Å². The standard InChI is InChI=1S/C24H25ClF4N6O2/c1-13(16-7-6-15(26)11-17(16)24(27,28)29)34-18-8-9-33(14(2)22(18)31-32-34)19-12-30-35(23(36)21(19)25)20-5-3-4-10-37-20/h6-7,11-14,20H,3-5,8-10H2,1-2H3/t13?,14-,20?/m0/s1. The van der Waals surface area contributed by atoms with Crippen LogP contribution in [0.1, 0.15) is 73.9 Å². The van der Waals surface area contributed by atoms with Gasteiger partial charge in [-0.2, -0.15) is 23.0 Å². The average Bonchev–Trinajstić information content (AvgIpc) is 3.31. The number of anilines is 1. The number of halogens is 5. The zero-order valence-corrected chi connectivity index (χ0v) is 20.9. The van der Waals surface area contributed by atoms with E-state index in [0.29, 0.717) is 49.1 Å². The predicted octanol–water partition coefficient (Wildman–Crippen LogP) is 5.08. The second-order valence-electron chi connectivity index (χ2n) is 9.31. The highest BCUT2D eigenvalue weighted by molar-refractivity contribution is 6.33. The Morgan fingerprint density at radius 1 is 1.24 bits per heavy atom. The van der Waals surface area contributed by atoms with Gasteiger partial charge in [0.2, 0.25) is 0 Å². The van der Waals surface area contributed by atoms with Crippen LogP contribution in [0.15, 0.2) is 29.2 Å². The molecule has 1 aromatic carbocycles. The van der Waals surface area contributed by atoms with Crippen LogP contribution in [0.3, 0.4) is 0 Å². The molecule has 13 heteroatoms. The highest BCUT2D eigenvalue weighted by Crippen LogP contribution is 2.39. The fourth-order valence-corrected chi connectivity index (χ4v) is 5.37. The zero-order valence-electron chi connectivity index (χ0n) is 20.2. The van der Waals surface area contributed by atoms with Gasteiger partial charge >= 0.3 is 6.18 Å². The molecule has 4 heterocycles. The second kappa shape index (κ2) is 9.71. The van der Waals surface area contributed by atoms with Gasteiger partial charge in [-0.25, -0.2) is 9.07 Å². The van der Waals surface area contributed by atoms with Crippen molar-refractivity contribution in [2.24, 2.45) is 0 Å². The minimum absolute atomic E-state index is 0.0152. The van der Waals surface area contributed by atoms with Gasteiger partial charge in [0.25, 0.3) is 5.56 Å². The molecule has 198 valence electrons. The Kier molecular flexibility index (Phi) is 6.73. The van der Waals surface area contributed by atoms with Crippen LogP contribution < -0.4 is 10.5 Å². The Morgan fingerprint density at radius 3 is 2.73 bits per heavy atom. The molecule has 0 radical (unpaired) electrons. The molecule has 5 rings (SSSR count). The number of fused-ring (bicyclic) bond motifs is 1. The van der Waals surface area contributed by atoms with Crippen LogP contribution in [0, 0.1) is 5.82 Å². The van der Waals surface area contributed by atoms with Gasteiger partial charge in [0.05, 0.1) is 35.2 Å². The molecule has 0 saturated carbocycles. The molecular weight excluding hydrogens is 516 g/mol. The fourth-order valence-electron chi connectivity index (χ4n) is 5.13. The van der Waals surface area contributed by atoms with Crippen LogP contribution in [0.5, 0.6) is 0 Å². The summed E-state index contributed by atoms with van der Waals surface area (Å²) < 4.78 is 62.8. The van der Waals surface area contributed by atoms with Gasteiger partial charge in [-0.3, -0.25) is 4.79 Å². The van der Waals surface area contributed by atoms with Crippen molar-refractivity contribution < 1.29 is 22.3 Å². The van der Waals surface area contributed by atoms with Gasteiger partial charge in [-0.05, 0) is 50.8 Å².